The molecule has 0 radical (unpaired) electrons. The first kappa shape index (κ1) is 17.6. The Kier molecular flexibility index (Phi) is 4.55. The largest absolute Gasteiger partial charge is 0.228 e. The fourth-order valence-corrected chi connectivity index (χ4v) is 3.77. The van der Waals surface area contributed by atoms with Crippen molar-refractivity contribution in [3.05, 3.63) is 108 Å². The van der Waals surface area contributed by atoms with Crippen LogP contribution in [0.25, 0.3) is 44.7 Å². The summed E-state index contributed by atoms with van der Waals surface area (Å²) in [5.41, 5.74) is 4.79. The second-order valence-electron chi connectivity index (χ2n) is 6.87. The number of fused-ring (bicyclic) bond motifs is 1. The average molecular weight is 393 g/mol. The van der Waals surface area contributed by atoms with Gasteiger partial charge in [0.1, 0.15) is 0 Å². The molecule has 3 heteroatoms. The minimum absolute atomic E-state index is 0.694. The molecule has 0 atom stereocenters. The van der Waals surface area contributed by atoms with Crippen molar-refractivity contribution in [2.24, 2.45) is 0 Å². The molecule has 4 aromatic carbocycles. The first-order chi connectivity index (χ1) is 14.3. The maximum atomic E-state index is 6.44. The summed E-state index contributed by atoms with van der Waals surface area (Å²) in [6, 6.07) is 34.5. The fourth-order valence-electron chi connectivity index (χ4n) is 3.54. The predicted octanol–water partition coefficient (Wildman–Crippen LogP) is 7.28. The van der Waals surface area contributed by atoms with Gasteiger partial charge in [0, 0.05) is 21.7 Å². The number of hydrogen-bond donors (Lipinski definition) is 0. The van der Waals surface area contributed by atoms with E-state index in [0.717, 1.165) is 38.9 Å². The van der Waals surface area contributed by atoms with Crippen molar-refractivity contribution in [1.82, 2.24) is 9.97 Å². The van der Waals surface area contributed by atoms with Crippen molar-refractivity contribution >= 4 is 22.4 Å². The first-order valence-electron chi connectivity index (χ1n) is 9.46. The number of benzene rings is 4. The van der Waals surface area contributed by atoms with Crippen LogP contribution in [-0.4, -0.2) is 9.97 Å². The van der Waals surface area contributed by atoms with E-state index in [2.05, 4.69) is 24.3 Å². The molecule has 0 aliphatic heterocycles. The van der Waals surface area contributed by atoms with Gasteiger partial charge in [-0.2, -0.15) is 0 Å². The second-order valence-corrected chi connectivity index (χ2v) is 7.31. The van der Waals surface area contributed by atoms with Crippen molar-refractivity contribution in [2.45, 2.75) is 0 Å². The number of nitrogens with zero attached hydrogens (tertiary/aromatic N) is 2. The lowest BCUT2D eigenvalue weighted by atomic mass is 10.0. The van der Waals surface area contributed by atoms with Crippen LogP contribution in [0.1, 0.15) is 0 Å². The molecule has 0 N–H and O–H groups in total. The highest BCUT2D eigenvalue weighted by Gasteiger charge is 2.13. The van der Waals surface area contributed by atoms with Gasteiger partial charge in [-0.05, 0) is 29.0 Å². The Balaban J connectivity index is 1.80. The molecule has 2 nitrogen and oxygen atoms in total. The van der Waals surface area contributed by atoms with Crippen LogP contribution in [0.4, 0.5) is 0 Å². The highest BCUT2D eigenvalue weighted by molar-refractivity contribution is 6.32. The molecule has 0 bridgehead atoms. The molecule has 138 valence electrons. The Labute approximate surface area is 174 Å². The van der Waals surface area contributed by atoms with Gasteiger partial charge in [-0.25, -0.2) is 9.97 Å². The van der Waals surface area contributed by atoms with Gasteiger partial charge >= 0.3 is 0 Å². The van der Waals surface area contributed by atoms with Crippen molar-refractivity contribution in [1.29, 1.82) is 0 Å². The predicted molar refractivity (Wildman–Crippen MR) is 121 cm³/mol. The molecule has 0 unspecified atom stereocenters. The number of halogens is 1. The van der Waals surface area contributed by atoms with Crippen LogP contribution in [0, 0.1) is 0 Å². The van der Waals surface area contributed by atoms with Gasteiger partial charge in [-0.15, -0.1) is 0 Å². The zero-order chi connectivity index (χ0) is 19.6. The molecule has 0 saturated carbocycles. The van der Waals surface area contributed by atoms with E-state index >= 15 is 0 Å². The number of aromatic nitrogens is 2. The highest BCUT2D eigenvalue weighted by atomic mass is 35.5. The number of hydrogen-bond acceptors (Lipinski definition) is 2. The average Bonchev–Trinajstić information content (AvgIpc) is 2.79. The summed E-state index contributed by atoms with van der Waals surface area (Å²) in [5, 5.41) is 2.91. The van der Waals surface area contributed by atoms with E-state index in [4.69, 9.17) is 21.6 Å². The smallest absolute Gasteiger partial charge is 0.160 e. The molecule has 0 spiro atoms. The summed E-state index contributed by atoms with van der Waals surface area (Å²) in [6.45, 7) is 0. The maximum absolute atomic E-state index is 6.44. The quantitative estimate of drug-likeness (QED) is 0.322. The van der Waals surface area contributed by atoms with Crippen LogP contribution in [0.3, 0.4) is 0 Å². The van der Waals surface area contributed by atoms with Crippen LogP contribution in [-0.2, 0) is 0 Å². The van der Waals surface area contributed by atoms with Gasteiger partial charge in [-0.3, -0.25) is 0 Å². The Morgan fingerprint density at radius 3 is 1.93 bits per heavy atom. The van der Waals surface area contributed by atoms with Crippen LogP contribution in [0.5, 0.6) is 0 Å². The number of rotatable bonds is 3. The summed E-state index contributed by atoms with van der Waals surface area (Å²) in [4.78, 5) is 9.78. The van der Waals surface area contributed by atoms with E-state index in [1.807, 2.05) is 78.9 Å². The molecule has 0 aliphatic rings. The van der Waals surface area contributed by atoms with Gasteiger partial charge in [0.2, 0.25) is 0 Å². The van der Waals surface area contributed by atoms with E-state index in [1.165, 1.54) is 0 Å². The van der Waals surface area contributed by atoms with Gasteiger partial charge in [-0.1, -0.05) is 96.5 Å². The van der Waals surface area contributed by atoms with E-state index in [1.54, 1.807) is 0 Å². The maximum Gasteiger partial charge on any atom is 0.160 e. The zero-order valence-electron chi connectivity index (χ0n) is 15.6. The van der Waals surface area contributed by atoms with Gasteiger partial charge in [0.15, 0.2) is 5.82 Å². The Morgan fingerprint density at radius 1 is 0.552 bits per heavy atom. The molecule has 5 rings (SSSR count). The lowest BCUT2D eigenvalue weighted by Crippen LogP contribution is -1.96. The minimum atomic E-state index is 0.694. The SMILES string of the molecule is Clc1cc(-c2cc(-c3ccccc3)nc(-c3ccccc3)n2)c2ccccc2c1. The highest BCUT2D eigenvalue weighted by Crippen LogP contribution is 2.34. The van der Waals surface area contributed by atoms with E-state index in [0.29, 0.717) is 10.8 Å². The third-order valence-electron chi connectivity index (χ3n) is 4.93. The molecule has 0 fully saturated rings. The molecular formula is C26H17ClN2. The molecule has 1 aromatic heterocycles. The Bertz CT molecular complexity index is 1240. The third kappa shape index (κ3) is 3.51. The lowest BCUT2D eigenvalue weighted by Gasteiger charge is -2.12. The summed E-state index contributed by atoms with van der Waals surface area (Å²) in [5.74, 6) is 0.700. The van der Waals surface area contributed by atoms with Gasteiger partial charge in [0.25, 0.3) is 0 Å². The van der Waals surface area contributed by atoms with E-state index in [9.17, 15) is 0 Å². The van der Waals surface area contributed by atoms with Gasteiger partial charge < -0.3 is 0 Å². The van der Waals surface area contributed by atoms with Crippen LogP contribution >= 0.6 is 11.6 Å². The molecule has 29 heavy (non-hydrogen) atoms. The van der Waals surface area contributed by atoms with Crippen LogP contribution in [0.2, 0.25) is 5.02 Å². The Hall–Kier alpha value is -3.49. The molecule has 5 aromatic rings. The normalized spacial score (nSPS) is 10.9. The van der Waals surface area contributed by atoms with Gasteiger partial charge in [0.05, 0.1) is 11.4 Å². The third-order valence-corrected chi connectivity index (χ3v) is 5.15. The minimum Gasteiger partial charge on any atom is -0.228 e. The van der Waals surface area contributed by atoms with Crippen LogP contribution < -0.4 is 0 Å². The Morgan fingerprint density at radius 2 is 1.17 bits per heavy atom. The topological polar surface area (TPSA) is 25.8 Å². The molecule has 1 heterocycles. The summed E-state index contributed by atoms with van der Waals surface area (Å²) in [6.07, 6.45) is 0. The van der Waals surface area contributed by atoms with Crippen molar-refractivity contribution in [3.8, 4) is 33.9 Å². The van der Waals surface area contributed by atoms with Crippen molar-refractivity contribution in [2.75, 3.05) is 0 Å². The van der Waals surface area contributed by atoms with Crippen molar-refractivity contribution in [3.63, 3.8) is 0 Å². The standard InChI is InChI=1S/C26H17ClN2/c27-21-15-20-13-7-8-14-22(20)23(16-21)25-17-24(18-9-3-1-4-10-18)28-26(29-25)19-11-5-2-6-12-19/h1-17H. The monoisotopic (exact) mass is 392 g/mol. The first-order valence-corrected chi connectivity index (χ1v) is 9.84. The van der Waals surface area contributed by atoms with E-state index < -0.39 is 0 Å². The summed E-state index contributed by atoms with van der Waals surface area (Å²) >= 11 is 6.44. The second kappa shape index (κ2) is 7.50. The zero-order valence-corrected chi connectivity index (χ0v) is 16.3. The van der Waals surface area contributed by atoms with Crippen molar-refractivity contribution < 1.29 is 0 Å². The molecule has 0 amide bonds. The fraction of sp³-hybridized carbons (Fsp3) is 0. The molecular weight excluding hydrogens is 376 g/mol. The molecule has 0 aliphatic carbocycles. The van der Waals surface area contributed by atoms with Crippen LogP contribution in [0.15, 0.2) is 103 Å². The summed E-state index contributed by atoms with van der Waals surface area (Å²) in [7, 11) is 0. The summed E-state index contributed by atoms with van der Waals surface area (Å²) < 4.78 is 0. The van der Waals surface area contributed by atoms with E-state index in [-0.39, 0.29) is 0 Å². The lowest BCUT2D eigenvalue weighted by molar-refractivity contribution is 1.18. The molecule has 0 saturated heterocycles.